The molecule has 0 saturated carbocycles. The number of methoxy groups -OCH3 is 2. The number of alkyl halides is 3. The minimum Gasteiger partial charge on any atom is -0.454 e. The highest BCUT2D eigenvalue weighted by molar-refractivity contribution is 5.75. The van der Waals surface area contributed by atoms with Crippen LogP contribution in [0.1, 0.15) is 0 Å². The molecule has 13 heavy (non-hydrogen) atoms. The number of carbonyl (C=O) groups is 1. The largest absolute Gasteiger partial charge is 0.490 e. The molecule has 0 rings (SSSR count). The van der Waals surface area contributed by atoms with Crippen LogP contribution < -0.4 is 0 Å². The molecule has 0 aromatic heterocycles. The van der Waals surface area contributed by atoms with Crippen LogP contribution in [0.2, 0.25) is 0 Å². The first-order chi connectivity index (χ1) is 5.91. The molecule has 7 heteroatoms. The molecular formula is C6H9F3O4. The topological polar surface area (TPSA) is 44.8 Å². The van der Waals surface area contributed by atoms with E-state index >= 15 is 0 Å². The van der Waals surface area contributed by atoms with Gasteiger partial charge in [-0.3, -0.25) is 0 Å². The van der Waals surface area contributed by atoms with Gasteiger partial charge in [0, 0.05) is 14.2 Å². The Morgan fingerprint density at radius 2 is 1.77 bits per heavy atom. The van der Waals surface area contributed by atoms with Crippen LogP contribution in [0.25, 0.3) is 0 Å². The van der Waals surface area contributed by atoms with Gasteiger partial charge in [-0.25, -0.2) is 4.79 Å². The van der Waals surface area contributed by atoms with Crippen LogP contribution >= 0.6 is 0 Å². The van der Waals surface area contributed by atoms with Crippen molar-refractivity contribution in [3.63, 3.8) is 0 Å². The number of rotatable bonds is 4. The normalized spacial score (nSPS) is 11.8. The van der Waals surface area contributed by atoms with Crippen LogP contribution in [0.5, 0.6) is 0 Å². The van der Waals surface area contributed by atoms with Gasteiger partial charge in [0.2, 0.25) is 0 Å². The first-order valence-electron chi connectivity index (χ1n) is 3.21. The van der Waals surface area contributed by atoms with Crippen LogP contribution in [-0.2, 0) is 19.0 Å². The summed E-state index contributed by atoms with van der Waals surface area (Å²) in [6.07, 6.45) is -5.96. The first kappa shape index (κ1) is 12.2. The highest BCUT2D eigenvalue weighted by Crippen LogP contribution is 2.16. The van der Waals surface area contributed by atoms with Crippen molar-refractivity contribution in [3.05, 3.63) is 0 Å². The third-order valence-corrected chi connectivity index (χ3v) is 1.11. The van der Waals surface area contributed by atoms with E-state index in [1.807, 2.05) is 0 Å². The lowest BCUT2D eigenvalue weighted by atomic mass is 10.6. The maximum atomic E-state index is 11.6. The molecule has 0 aliphatic heterocycles. The van der Waals surface area contributed by atoms with Gasteiger partial charge in [-0.05, 0) is 0 Å². The average Bonchev–Trinajstić information content (AvgIpc) is 2.04. The predicted octanol–water partition coefficient (Wildman–Crippen LogP) is 0.711. The van der Waals surface area contributed by atoms with Crippen molar-refractivity contribution in [3.8, 4) is 0 Å². The lowest BCUT2D eigenvalue weighted by molar-refractivity contribution is -0.211. The van der Waals surface area contributed by atoms with Gasteiger partial charge in [-0.1, -0.05) is 0 Å². The van der Waals surface area contributed by atoms with E-state index < -0.39 is 25.0 Å². The monoisotopic (exact) mass is 202 g/mol. The summed E-state index contributed by atoms with van der Waals surface area (Å²) in [4.78, 5) is 10.1. The SMILES string of the molecule is COC(COC(=O)C(F)(F)F)OC. The average molecular weight is 202 g/mol. The standard InChI is InChI=1S/C6H9F3O4/c1-11-4(12-2)3-13-5(10)6(7,8)9/h4H,3H2,1-2H3. The molecule has 0 amide bonds. The summed E-state index contributed by atoms with van der Waals surface area (Å²) in [5, 5.41) is 0. The van der Waals surface area contributed by atoms with E-state index in [2.05, 4.69) is 14.2 Å². The van der Waals surface area contributed by atoms with Crippen molar-refractivity contribution >= 4 is 5.97 Å². The zero-order valence-corrected chi connectivity index (χ0v) is 7.05. The second-order valence-corrected chi connectivity index (χ2v) is 2.00. The fraction of sp³-hybridized carbons (Fsp3) is 0.833. The molecule has 78 valence electrons. The molecule has 0 radical (unpaired) electrons. The van der Waals surface area contributed by atoms with Crippen molar-refractivity contribution in [2.45, 2.75) is 12.5 Å². The maximum Gasteiger partial charge on any atom is 0.490 e. The number of hydrogen-bond donors (Lipinski definition) is 0. The summed E-state index contributed by atoms with van der Waals surface area (Å²) in [7, 11) is 2.44. The molecular weight excluding hydrogens is 193 g/mol. The van der Waals surface area contributed by atoms with Gasteiger partial charge in [0.25, 0.3) is 0 Å². The van der Waals surface area contributed by atoms with Crippen LogP contribution in [0.15, 0.2) is 0 Å². The van der Waals surface area contributed by atoms with Crippen LogP contribution in [-0.4, -0.2) is 39.3 Å². The molecule has 0 aromatic rings. The van der Waals surface area contributed by atoms with Crippen LogP contribution in [0.4, 0.5) is 13.2 Å². The Kier molecular flexibility index (Phi) is 4.71. The molecule has 4 nitrogen and oxygen atoms in total. The molecule has 0 heterocycles. The summed E-state index contributed by atoms with van der Waals surface area (Å²) in [5.74, 6) is -2.26. The third kappa shape index (κ3) is 4.69. The van der Waals surface area contributed by atoms with Gasteiger partial charge < -0.3 is 14.2 Å². The third-order valence-electron chi connectivity index (χ3n) is 1.11. The van der Waals surface area contributed by atoms with Gasteiger partial charge in [0.15, 0.2) is 6.29 Å². The number of esters is 1. The summed E-state index contributed by atoms with van der Waals surface area (Å²) >= 11 is 0. The Balaban J connectivity index is 3.82. The number of hydrogen-bond acceptors (Lipinski definition) is 4. The van der Waals surface area contributed by atoms with Crippen LogP contribution in [0, 0.1) is 0 Å². The lowest BCUT2D eigenvalue weighted by Gasteiger charge is -2.13. The number of ether oxygens (including phenoxy) is 3. The van der Waals surface area contributed by atoms with E-state index in [-0.39, 0.29) is 0 Å². The second kappa shape index (κ2) is 5.03. The molecule has 0 aliphatic rings. The molecule has 0 bridgehead atoms. The Bertz CT molecular complexity index is 164. The van der Waals surface area contributed by atoms with Crippen LogP contribution in [0.3, 0.4) is 0 Å². The van der Waals surface area contributed by atoms with E-state index in [1.165, 1.54) is 14.2 Å². The smallest absolute Gasteiger partial charge is 0.454 e. The molecule has 0 spiro atoms. The zero-order chi connectivity index (χ0) is 10.5. The molecule has 0 saturated heterocycles. The highest BCUT2D eigenvalue weighted by atomic mass is 19.4. The van der Waals surface area contributed by atoms with Gasteiger partial charge >= 0.3 is 12.1 Å². The summed E-state index contributed by atoms with van der Waals surface area (Å²) < 4.78 is 47.5. The molecule has 0 unspecified atom stereocenters. The Labute approximate surface area is 72.6 Å². The minimum absolute atomic E-state index is 0.592. The molecule has 0 aromatic carbocycles. The van der Waals surface area contributed by atoms with Crippen molar-refractivity contribution in [2.75, 3.05) is 20.8 Å². The minimum atomic E-state index is -4.98. The summed E-state index contributed by atoms with van der Waals surface area (Å²) in [6, 6.07) is 0. The molecule has 0 N–H and O–H groups in total. The highest BCUT2D eigenvalue weighted by Gasteiger charge is 2.41. The second-order valence-electron chi connectivity index (χ2n) is 2.00. The maximum absolute atomic E-state index is 11.6. The quantitative estimate of drug-likeness (QED) is 0.497. The lowest BCUT2D eigenvalue weighted by Crippen LogP contribution is -2.30. The predicted molar refractivity (Wildman–Crippen MR) is 34.8 cm³/mol. The fourth-order valence-corrected chi connectivity index (χ4v) is 0.458. The van der Waals surface area contributed by atoms with Gasteiger partial charge in [-0.2, -0.15) is 13.2 Å². The molecule has 0 fully saturated rings. The number of halogens is 3. The Morgan fingerprint density at radius 1 is 1.31 bits per heavy atom. The van der Waals surface area contributed by atoms with Gasteiger partial charge in [0.05, 0.1) is 0 Å². The van der Waals surface area contributed by atoms with Crippen molar-refractivity contribution in [1.29, 1.82) is 0 Å². The van der Waals surface area contributed by atoms with Gasteiger partial charge in [0.1, 0.15) is 6.61 Å². The van der Waals surface area contributed by atoms with E-state index in [0.29, 0.717) is 0 Å². The molecule has 0 atom stereocenters. The van der Waals surface area contributed by atoms with E-state index in [4.69, 9.17) is 0 Å². The van der Waals surface area contributed by atoms with Gasteiger partial charge in [-0.15, -0.1) is 0 Å². The van der Waals surface area contributed by atoms with E-state index in [1.54, 1.807) is 0 Å². The molecule has 0 aliphatic carbocycles. The van der Waals surface area contributed by atoms with Crippen molar-refractivity contribution in [2.24, 2.45) is 0 Å². The first-order valence-corrected chi connectivity index (χ1v) is 3.21. The zero-order valence-electron chi connectivity index (χ0n) is 7.05. The summed E-state index contributed by atoms with van der Waals surface area (Å²) in [5.41, 5.74) is 0. The summed E-state index contributed by atoms with van der Waals surface area (Å²) in [6.45, 7) is -0.592. The van der Waals surface area contributed by atoms with Crippen molar-refractivity contribution < 1.29 is 32.2 Å². The van der Waals surface area contributed by atoms with E-state index in [9.17, 15) is 18.0 Å². The Morgan fingerprint density at radius 3 is 2.08 bits per heavy atom. The number of carbonyl (C=O) groups excluding carboxylic acids is 1. The fourth-order valence-electron chi connectivity index (χ4n) is 0.458. The van der Waals surface area contributed by atoms with Crippen molar-refractivity contribution in [1.82, 2.24) is 0 Å². The van der Waals surface area contributed by atoms with E-state index in [0.717, 1.165) is 0 Å². The Hall–Kier alpha value is -0.820.